The molecule has 0 spiro atoms. The van der Waals surface area contributed by atoms with E-state index in [-0.39, 0.29) is 11.6 Å². The second-order valence-electron chi connectivity index (χ2n) is 6.30. The fourth-order valence-corrected chi connectivity index (χ4v) is 2.82. The molecule has 0 radical (unpaired) electrons. The van der Waals surface area contributed by atoms with E-state index in [1.165, 1.54) is 18.2 Å². The number of hydrogen-bond donors (Lipinski definition) is 0. The van der Waals surface area contributed by atoms with Crippen LogP contribution in [0.4, 0.5) is 22.0 Å². The molecule has 1 heterocycles. The molecule has 0 fully saturated rings. The molecular formula is C21H11F5N4. The van der Waals surface area contributed by atoms with Crippen molar-refractivity contribution in [3.8, 4) is 33.9 Å². The lowest BCUT2D eigenvalue weighted by Crippen LogP contribution is -2.04. The number of rotatable bonds is 3. The molecular weight excluding hydrogens is 403 g/mol. The van der Waals surface area contributed by atoms with Gasteiger partial charge in [-0.25, -0.2) is 8.78 Å². The van der Waals surface area contributed by atoms with E-state index in [2.05, 4.69) is 20.4 Å². The minimum Gasteiger partial charge on any atom is -0.206 e. The molecule has 9 heteroatoms. The Kier molecular flexibility index (Phi) is 4.94. The monoisotopic (exact) mass is 414 g/mol. The van der Waals surface area contributed by atoms with Crippen LogP contribution in [-0.4, -0.2) is 20.4 Å². The summed E-state index contributed by atoms with van der Waals surface area (Å²) in [6.45, 7) is 0. The predicted molar refractivity (Wildman–Crippen MR) is 98.8 cm³/mol. The smallest absolute Gasteiger partial charge is 0.206 e. The molecule has 0 atom stereocenters. The van der Waals surface area contributed by atoms with Crippen LogP contribution in [-0.2, 0) is 6.18 Å². The van der Waals surface area contributed by atoms with E-state index in [1.54, 1.807) is 24.3 Å². The van der Waals surface area contributed by atoms with Crippen molar-refractivity contribution in [2.75, 3.05) is 0 Å². The van der Waals surface area contributed by atoms with Crippen molar-refractivity contribution in [2.45, 2.75) is 6.18 Å². The number of benzene rings is 3. The molecule has 0 N–H and O–H groups in total. The van der Waals surface area contributed by atoms with Gasteiger partial charge in [-0.1, -0.05) is 42.5 Å². The molecule has 30 heavy (non-hydrogen) atoms. The van der Waals surface area contributed by atoms with E-state index in [9.17, 15) is 22.0 Å². The highest BCUT2D eigenvalue weighted by molar-refractivity contribution is 5.68. The van der Waals surface area contributed by atoms with Gasteiger partial charge >= 0.3 is 6.18 Å². The summed E-state index contributed by atoms with van der Waals surface area (Å²) in [5.41, 5.74) is 0.697. The van der Waals surface area contributed by atoms with Crippen LogP contribution in [0.1, 0.15) is 5.56 Å². The van der Waals surface area contributed by atoms with Gasteiger partial charge in [0.25, 0.3) is 0 Å². The van der Waals surface area contributed by atoms with Gasteiger partial charge in [0.05, 0.1) is 11.1 Å². The first kappa shape index (κ1) is 19.6. The molecule has 4 aromatic rings. The molecule has 0 saturated carbocycles. The average Bonchev–Trinajstić information content (AvgIpc) is 2.74. The SMILES string of the molecule is Fc1cccc(F)c1-c1nnc(-c2ccc(-c3ccc(C(F)(F)F)cc3)cc2)nn1. The van der Waals surface area contributed by atoms with Crippen LogP contribution in [0.3, 0.4) is 0 Å². The minimum absolute atomic E-state index is 0.134. The summed E-state index contributed by atoms with van der Waals surface area (Å²) >= 11 is 0. The van der Waals surface area contributed by atoms with Crippen LogP contribution in [0.5, 0.6) is 0 Å². The summed E-state index contributed by atoms with van der Waals surface area (Å²) in [5, 5.41) is 15.2. The van der Waals surface area contributed by atoms with Crippen molar-refractivity contribution < 1.29 is 22.0 Å². The maximum atomic E-state index is 13.8. The third-order valence-electron chi connectivity index (χ3n) is 4.35. The topological polar surface area (TPSA) is 51.6 Å². The van der Waals surface area contributed by atoms with Gasteiger partial charge in [-0.05, 0) is 35.4 Å². The second kappa shape index (κ2) is 7.58. The van der Waals surface area contributed by atoms with E-state index < -0.39 is 28.9 Å². The van der Waals surface area contributed by atoms with Crippen LogP contribution in [0, 0.1) is 11.6 Å². The minimum atomic E-state index is -4.39. The number of aromatic nitrogens is 4. The van der Waals surface area contributed by atoms with Gasteiger partial charge in [-0.15, -0.1) is 20.4 Å². The molecule has 4 nitrogen and oxygen atoms in total. The van der Waals surface area contributed by atoms with Crippen molar-refractivity contribution in [1.82, 2.24) is 20.4 Å². The Morgan fingerprint density at radius 2 is 0.967 bits per heavy atom. The van der Waals surface area contributed by atoms with Gasteiger partial charge in [0.2, 0.25) is 11.6 Å². The van der Waals surface area contributed by atoms with E-state index in [0.29, 0.717) is 16.7 Å². The highest BCUT2D eigenvalue weighted by Gasteiger charge is 2.29. The zero-order valence-corrected chi connectivity index (χ0v) is 15.0. The maximum Gasteiger partial charge on any atom is 0.416 e. The van der Waals surface area contributed by atoms with Gasteiger partial charge < -0.3 is 0 Å². The molecule has 3 aromatic carbocycles. The van der Waals surface area contributed by atoms with Crippen LogP contribution in [0.25, 0.3) is 33.9 Å². The Hall–Kier alpha value is -3.75. The first-order chi connectivity index (χ1) is 14.3. The average molecular weight is 414 g/mol. The first-order valence-electron chi connectivity index (χ1n) is 8.63. The summed E-state index contributed by atoms with van der Waals surface area (Å²) in [6, 6.07) is 14.8. The molecule has 0 aliphatic carbocycles. The molecule has 0 saturated heterocycles. The van der Waals surface area contributed by atoms with Gasteiger partial charge in [0.15, 0.2) is 0 Å². The van der Waals surface area contributed by atoms with Gasteiger partial charge in [-0.2, -0.15) is 13.2 Å². The Balaban J connectivity index is 1.57. The van der Waals surface area contributed by atoms with Crippen molar-refractivity contribution in [3.05, 3.63) is 83.9 Å². The zero-order valence-electron chi connectivity index (χ0n) is 15.0. The number of nitrogens with zero attached hydrogens (tertiary/aromatic N) is 4. The lowest BCUT2D eigenvalue weighted by atomic mass is 10.0. The summed E-state index contributed by atoms with van der Waals surface area (Å²) < 4.78 is 65.7. The fourth-order valence-electron chi connectivity index (χ4n) is 2.82. The molecule has 150 valence electrons. The molecule has 0 amide bonds. The van der Waals surface area contributed by atoms with Crippen LogP contribution >= 0.6 is 0 Å². The van der Waals surface area contributed by atoms with Crippen molar-refractivity contribution in [1.29, 1.82) is 0 Å². The third-order valence-corrected chi connectivity index (χ3v) is 4.35. The zero-order chi connectivity index (χ0) is 21.3. The molecule has 0 bridgehead atoms. The number of alkyl halides is 3. The van der Waals surface area contributed by atoms with Gasteiger partial charge in [-0.3, -0.25) is 0 Å². The lowest BCUT2D eigenvalue weighted by Gasteiger charge is -2.08. The van der Waals surface area contributed by atoms with E-state index >= 15 is 0 Å². The first-order valence-corrected chi connectivity index (χ1v) is 8.63. The second-order valence-corrected chi connectivity index (χ2v) is 6.30. The highest BCUT2D eigenvalue weighted by atomic mass is 19.4. The molecule has 0 aliphatic rings. The normalized spacial score (nSPS) is 11.5. The van der Waals surface area contributed by atoms with Gasteiger partial charge in [0.1, 0.15) is 11.6 Å². The summed E-state index contributed by atoms with van der Waals surface area (Å²) in [7, 11) is 0. The van der Waals surface area contributed by atoms with Crippen LogP contribution in [0.15, 0.2) is 66.7 Å². The Bertz CT molecular complexity index is 1150. The van der Waals surface area contributed by atoms with E-state index in [0.717, 1.165) is 24.3 Å². The van der Waals surface area contributed by atoms with Gasteiger partial charge in [0, 0.05) is 5.56 Å². The van der Waals surface area contributed by atoms with E-state index in [4.69, 9.17) is 0 Å². The highest BCUT2D eigenvalue weighted by Crippen LogP contribution is 2.31. The summed E-state index contributed by atoms with van der Waals surface area (Å²) in [6.07, 6.45) is -4.39. The number of halogens is 5. The predicted octanol–water partition coefficient (Wildman–Crippen LogP) is 5.56. The van der Waals surface area contributed by atoms with Crippen LogP contribution in [0.2, 0.25) is 0 Å². The molecule has 1 aromatic heterocycles. The summed E-state index contributed by atoms with van der Waals surface area (Å²) in [4.78, 5) is 0. The Morgan fingerprint density at radius 3 is 1.47 bits per heavy atom. The molecule has 0 aliphatic heterocycles. The third kappa shape index (κ3) is 3.86. The molecule has 4 rings (SSSR count). The van der Waals surface area contributed by atoms with Crippen molar-refractivity contribution >= 4 is 0 Å². The van der Waals surface area contributed by atoms with Crippen LogP contribution < -0.4 is 0 Å². The Labute approximate surface area is 167 Å². The quantitative estimate of drug-likeness (QED) is 0.412. The lowest BCUT2D eigenvalue weighted by molar-refractivity contribution is -0.137. The fraction of sp³-hybridized carbons (Fsp3) is 0.0476. The largest absolute Gasteiger partial charge is 0.416 e. The van der Waals surface area contributed by atoms with Crippen molar-refractivity contribution in [3.63, 3.8) is 0 Å². The molecule has 0 unspecified atom stereocenters. The van der Waals surface area contributed by atoms with Crippen molar-refractivity contribution in [2.24, 2.45) is 0 Å². The Morgan fingerprint density at radius 1 is 0.533 bits per heavy atom. The maximum absolute atomic E-state index is 13.8. The standard InChI is InChI=1S/C21H11F5N4/c22-16-2-1-3-17(23)18(16)20-29-27-19(28-30-20)14-6-4-12(5-7-14)13-8-10-15(11-9-13)21(24,25)26/h1-11H. The number of hydrogen-bond acceptors (Lipinski definition) is 4. The van der Waals surface area contributed by atoms with E-state index in [1.807, 2.05) is 0 Å². The summed E-state index contributed by atoms with van der Waals surface area (Å²) in [5.74, 6) is -1.80.